The summed E-state index contributed by atoms with van der Waals surface area (Å²) in [6, 6.07) is 1.81. The Bertz CT molecular complexity index is 356. The number of benzene rings is 1. The van der Waals surface area contributed by atoms with Gasteiger partial charge in [-0.15, -0.1) is 12.8 Å². The summed E-state index contributed by atoms with van der Waals surface area (Å²) in [5.74, 6) is 2.58. The first-order chi connectivity index (χ1) is 5.69. The molecule has 0 radical (unpaired) electrons. The summed E-state index contributed by atoms with van der Waals surface area (Å²) in [6.45, 7) is 0. The highest BCUT2D eigenvalue weighted by Crippen LogP contribution is 2.12. The summed E-state index contributed by atoms with van der Waals surface area (Å²) < 4.78 is 25.4. The SMILES string of the molecule is C#Cc1cc(C#C)c(F)cc1F. The van der Waals surface area contributed by atoms with Crippen LogP contribution in [0.3, 0.4) is 0 Å². The van der Waals surface area contributed by atoms with Gasteiger partial charge in [0.15, 0.2) is 0 Å². The quantitative estimate of drug-likeness (QED) is 0.511. The van der Waals surface area contributed by atoms with Crippen LogP contribution in [0, 0.1) is 36.3 Å². The molecule has 1 aromatic carbocycles. The van der Waals surface area contributed by atoms with Crippen LogP contribution in [0.4, 0.5) is 8.78 Å². The molecule has 0 atom stereocenters. The Labute approximate surface area is 69.2 Å². The summed E-state index contributed by atoms with van der Waals surface area (Å²) in [4.78, 5) is 0. The summed E-state index contributed by atoms with van der Waals surface area (Å²) in [6.07, 6.45) is 9.89. The summed E-state index contributed by atoms with van der Waals surface area (Å²) in [5, 5.41) is 0. The van der Waals surface area contributed by atoms with E-state index < -0.39 is 11.6 Å². The molecule has 0 aromatic heterocycles. The van der Waals surface area contributed by atoms with Crippen molar-refractivity contribution in [2.75, 3.05) is 0 Å². The lowest BCUT2D eigenvalue weighted by atomic mass is 10.1. The Morgan fingerprint density at radius 2 is 1.33 bits per heavy atom. The third-order valence-corrected chi connectivity index (χ3v) is 1.37. The van der Waals surface area contributed by atoms with Gasteiger partial charge in [0.05, 0.1) is 11.1 Å². The molecule has 2 heteroatoms. The molecular formula is C10H4F2. The van der Waals surface area contributed by atoms with E-state index in [0.29, 0.717) is 6.07 Å². The summed E-state index contributed by atoms with van der Waals surface area (Å²) in [7, 11) is 0. The Balaban J connectivity index is 3.42. The smallest absolute Gasteiger partial charge is 0.141 e. The lowest BCUT2D eigenvalue weighted by molar-refractivity contribution is 0.579. The van der Waals surface area contributed by atoms with Gasteiger partial charge in [0, 0.05) is 6.07 Å². The molecule has 0 saturated carbocycles. The van der Waals surface area contributed by atoms with Crippen molar-refractivity contribution in [3.63, 3.8) is 0 Å². The van der Waals surface area contributed by atoms with Crippen LogP contribution in [-0.2, 0) is 0 Å². The summed E-state index contributed by atoms with van der Waals surface area (Å²) >= 11 is 0. The maximum absolute atomic E-state index is 12.7. The van der Waals surface area contributed by atoms with E-state index in [1.54, 1.807) is 0 Å². The van der Waals surface area contributed by atoms with Gasteiger partial charge in [-0.05, 0) is 6.07 Å². The molecule has 0 amide bonds. The molecule has 0 spiro atoms. The third-order valence-electron chi connectivity index (χ3n) is 1.37. The van der Waals surface area contributed by atoms with Crippen molar-refractivity contribution in [3.8, 4) is 24.7 Å². The zero-order valence-electron chi connectivity index (χ0n) is 6.07. The van der Waals surface area contributed by atoms with Gasteiger partial charge in [0.2, 0.25) is 0 Å². The molecular weight excluding hydrogens is 158 g/mol. The lowest BCUT2D eigenvalue weighted by Crippen LogP contribution is -1.90. The molecule has 0 aliphatic rings. The van der Waals surface area contributed by atoms with E-state index in [4.69, 9.17) is 12.8 Å². The molecule has 0 heterocycles. The van der Waals surface area contributed by atoms with Crippen molar-refractivity contribution in [3.05, 3.63) is 34.9 Å². The molecule has 0 saturated heterocycles. The second-order valence-corrected chi connectivity index (χ2v) is 2.10. The van der Waals surface area contributed by atoms with Crippen molar-refractivity contribution >= 4 is 0 Å². The lowest BCUT2D eigenvalue weighted by Gasteiger charge is -1.97. The molecule has 0 bridgehead atoms. The Morgan fingerprint density at radius 3 is 1.67 bits per heavy atom. The molecule has 0 aliphatic carbocycles. The van der Waals surface area contributed by atoms with Gasteiger partial charge in [-0.2, -0.15) is 0 Å². The number of hydrogen-bond donors (Lipinski definition) is 0. The predicted molar refractivity (Wildman–Crippen MR) is 42.2 cm³/mol. The monoisotopic (exact) mass is 162 g/mol. The standard InChI is InChI=1S/C10H4F2/c1-3-7-5-8(4-2)10(12)6-9(7)11/h1-2,5-6H. The highest BCUT2D eigenvalue weighted by Gasteiger charge is 2.05. The van der Waals surface area contributed by atoms with Crippen LogP contribution < -0.4 is 0 Å². The maximum Gasteiger partial charge on any atom is 0.141 e. The van der Waals surface area contributed by atoms with Gasteiger partial charge >= 0.3 is 0 Å². The Morgan fingerprint density at radius 1 is 0.917 bits per heavy atom. The highest BCUT2D eigenvalue weighted by molar-refractivity contribution is 5.43. The zero-order chi connectivity index (χ0) is 9.14. The van der Waals surface area contributed by atoms with E-state index in [-0.39, 0.29) is 11.1 Å². The van der Waals surface area contributed by atoms with Crippen molar-refractivity contribution < 1.29 is 8.78 Å². The van der Waals surface area contributed by atoms with Crippen LogP contribution in [0.1, 0.15) is 11.1 Å². The van der Waals surface area contributed by atoms with E-state index in [0.717, 1.165) is 6.07 Å². The predicted octanol–water partition coefficient (Wildman–Crippen LogP) is 1.93. The van der Waals surface area contributed by atoms with Gasteiger partial charge in [-0.1, -0.05) is 11.8 Å². The molecule has 1 rings (SSSR count). The largest absolute Gasteiger partial charge is 0.206 e. The molecule has 58 valence electrons. The third kappa shape index (κ3) is 1.28. The normalized spacial score (nSPS) is 8.67. The molecule has 12 heavy (non-hydrogen) atoms. The first kappa shape index (κ1) is 8.30. The highest BCUT2D eigenvalue weighted by atomic mass is 19.1. The molecule has 0 nitrogen and oxygen atoms in total. The van der Waals surface area contributed by atoms with E-state index in [1.165, 1.54) is 0 Å². The fourth-order valence-electron chi connectivity index (χ4n) is 0.770. The van der Waals surface area contributed by atoms with Crippen LogP contribution in [0.15, 0.2) is 12.1 Å². The number of rotatable bonds is 0. The average Bonchev–Trinajstić information content (AvgIpc) is 2.05. The van der Waals surface area contributed by atoms with Gasteiger partial charge in [-0.3, -0.25) is 0 Å². The minimum atomic E-state index is -0.769. The average molecular weight is 162 g/mol. The molecule has 1 aromatic rings. The second-order valence-electron chi connectivity index (χ2n) is 2.10. The van der Waals surface area contributed by atoms with E-state index in [9.17, 15) is 8.78 Å². The zero-order valence-corrected chi connectivity index (χ0v) is 6.07. The van der Waals surface area contributed by atoms with Crippen LogP contribution in [0.5, 0.6) is 0 Å². The molecule has 0 fully saturated rings. The van der Waals surface area contributed by atoms with Crippen molar-refractivity contribution in [1.82, 2.24) is 0 Å². The van der Waals surface area contributed by atoms with E-state index >= 15 is 0 Å². The van der Waals surface area contributed by atoms with Crippen LogP contribution in [0.2, 0.25) is 0 Å². The first-order valence-electron chi connectivity index (χ1n) is 3.11. The topological polar surface area (TPSA) is 0 Å². The Kier molecular flexibility index (Phi) is 2.12. The number of hydrogen-bond acceptors (Lipinski definition) is 0. The van der Waals surface area contributed by atoms with Gasteiger partial charge < -0.3 is 0 Å². The Hall–Kier alpha value is -1.80. The number of halogens is 2. The van der Waals surface area contributed by atoms with Crippen molar-refractivity contribution in [2.24, 2.45) is 0 Å². The molecule has 0 N–H and O–H groups in total. The fraction of sp³-hybridized carbons (Fsp3) is 0. The fourth-order valence-corrected chi connectivity index (χ4v) is 0.770. The minimum Gasteiger partial charge on any atom is -0.206 e. The molecule has 0 aliphatic heterocycles. The van der Waals surface area contributed by atoms with Crippen LogP contribution in [0.25, 0.3) is 0 Å². The van der Waals surface area contributed by atoms with Gasteiger partial charge in [-0.25, -0.2) is 8.78 Å². The van der Waals surface area contributed by atoms with Crippen LogP contribution in [-0.4, -0.2) is 0 Å². The van der Waals surface area contributed by atoms with Gasteiger partial charge in [0.25, 0.3) is 0 Å². The van der Waals surface area contributed by atoms with E-state index in [2.05, 4.69) is 11.8 Å². The summed E-state index contributed by atoms with van der Waals surface area (Å²) in [5.41, 5.74) is -0.0475. The molecule has 0 unspecified atom stereocenters. The minimum absolute atomic E-state index is 0.0237. The first-order valence-corrected chi connectivity index (χ1v) is 3.11. The number of terminal acetylenes is 2. The maximum atomic E-state index is 12.7. The van der Waals surface area contributed by atoms with Crippen molar-refractivity contribution in [2.45, 2.75) is 0 Å². The van der Waals surface area contributed by atoms with Gasteiger partial charge in [0.1, 0.15) is 11.6 Å². The van der Waals surface area contributed by atoms with Crippen LogP contribution >= 0.6 is 0 Å². The van der Waals surface area contributed by atoms with E-state index in [1.807, 2.05) is 0 Å². The second kappa shape index (κ2) is 3.07. The van der Waals surface area contributed by atoms with Crippen molar-refractivity contribution in [1.29, 1.82) is 0 Å².